The number of pyridine rings is 2. The van der Waals surface area contributed by atoms with Gasteiger partial charge in [-0.05, 0) is 106 Å². The number of aromatic nitrogens is 4. The van der Waals surface area contributed by atoms with Crippen LogP contribution in [0.25, 0.3) is 66.8 Å². The second kappa shape index (κ2) is 11.4. The zero-order chi connectivity index (χ0) is 34.0. The van der Waals surface area contributed by atoms with Gasteiger partial charge in [-0.25, -0.2) is 4.98 Å². The first kappa shape index (κ1) is 31.3. The van der Waals surface area contributed by atoms with E-state index in [1.807, 2.05) is 43.7 Å². The van der Waals surface area contributed by atoms with Gasteiger partial charge in [0.05, 0.1) is 27.8 Å². The summed E-state index contributed by atoms with van der Waals surface area (Å²) in [5, 5.41) is 12.2. The second-order valence-corrected chi connectivity index (χ2v) is 15.0. The number of imidazole rings is 1. The molecule has 0 aliphatic carbocycles. The molecule has 0 amide bonds. The minimum atomic E-state index is -0.0697. The molecule has 0 fully saturated rings. The highest BCUT2D eigenvalue weighted by atomic mass is 16.3. The molecule has 3 heterocycles. The number of nitrogens with zero attached hydrogens (tertiary/aromatic N) is 4. The number of rotatable bonds is 4. The molecule has 4 aromatic carbocycles. The number of hydrogen-bond donors (Lipinski definition) is 1. The van der Waals surface area contributed by atoms with E-state index in [1.54, 1.807) is 6.07 Å². The van der Waals surface area contributed by atoms with E-state index in [1.165, 1.54) is 5.56 Å². The fourth-order valence-corrected chi connectivity index (χ4v) is 6.62. The number of aryl methyl sites for hydroxylation is 2. The van der Waals surface area contributed by atoms with Crippen LogP contribution in [0.5, 0.6) is 5.75 Å². The molecule has 0 aliphatic rings. The van der Waals surface area contributed by atoms with E-state index in [0.29, 0.717) is 0 Å². The molecule has 0 atom stereocenters. The Labute approximate surface area is 283 Å². The van der Waals surface area contributed by atoms with E-state index in [4.69, 9.17) is 15.0 Å². The van der Waals surface area contributed by atoms with Crippen LogP contribution < -0.4 is 0 Å². The number of fused-ring (bicyclic) bond motifs is 2. The fourth-order valence-electron chi connectivity index (χ4n) is 6.62. The third-order valence-corrected chi connectivity index (χ3v) is 9.41. The molecular formula is C43H42N4O. The molecule has 7 rings (SSSR count). The number of hydrogen-bond acceptors (Lipinski definition) is 4. The van der Waals surface area contributed by atoms with Crippen molar-refractivity contribution in [1.82, 2.24) is 19.5 Å². The lowest BCUT2D eigenvalue weighted by Crippen LogP contribution is -2.11. The highest BCUT2D eigenvalue weighted by molar-refractivity contribution is 6.00. The molecule has 0 saturated carbocycles. The van der Waals surface area contributed by atoms with Crippen LogP contribution in [0.15, 0.2) is 103 Å². The Hall–Kier alpha value is -5.29. The minimum absolute atomic E-state index is 0.0382. The molecule has 0 saturated heterocycles. The molecular weight excluding hydrogens is 589 g/mol. The monoisotopic (exact) mass is 630 g/mol. The quantitative estimate of drug-likeness (QED) is 0.210. The molecule has 5 heteroatoms. The van der Waals surface area contributed by atoms with Gasteiger partial charge in [0.1, 0.15) is 11.6 Å². The van der Waals surface area contributed by atoms with Crippen molar-refractivity contribution < 1.29 is 5.11 Å². The Morgan fingerprint density at radius 1 is 0.604 bits per heavy atom. The molecule has 48 heavy (non-hydrogen) atoms. The molecule has 5 nitrogen and oxygen atoms in total. The summed E-state index contributed by atoms with van der Waals surface area (Å²) in [6, 6.07) is 31.6. The van der Waals surface area contributed by atoms with Gasteiger partial charge in [-0.3, -0.25) is 9.97 Å². The first-order valence-electron chi connectivity index (χ1n) is 16.6. The lowest BCUT2D eigenvalue weighted by molar-refractivity contribution is 0.475. The van der Waals surface area contributed by atoms with E-state index in [2.05, 4.69) is 114 Å². The third kappa shape index (κ3) is 5.53. The highest BCUT2D eigenvalue weighted by Crippen LogP contribution is 2.41. The first-order valence-corrected chi connectivity index (χ1v) is 16.6. The van der Waals surface area contributed by atoms with Gasteiger partial charge in [-0.15, -0.1) is 0 Å². The second-order valence-electron chi connectivity index (χ2n) is 15.0. The van der Waals surface area contributed by atoms with E-state index >= 15 is 0 Å². The van der Waals surface area contributed by atoms with Crippen LogP contribution in [0, 0.1) is 6.92 Å². The van der Waals surface area contributed by atoms with E-state index in [-0.39, 0.29) is 16.6 Å². The fraction of sp³-hybridized carbons (Fsp3) is 0.233. The molecule has 7 aromatic rings. The Morgan fingerprint density at radius 2 is 1.29 bits per heavy atom. The van der Waals surface area contributed by atoms with Crippen molar-refractivity contribution in [3.05, 3.63) is 120 Å². The molecule has 3 aromatic heterocycles. The number of aromatic hydroxyl groups is 1. The largest absolute Gasteiger partial charge is 0.507 e. The SMILES string of the molecule is Cc1ccc(-c2cc(-c3ccccn3)cc(-c3cc(C(C)(C)C)cc4cccnc34)c2)c2nc(-c3cc(C(C)(C)C)ccc3O)n(C)c12. The van der Waals surface area contributed by atoms with Crippen molar-refractivity contribution >= 4 is 21.9 Å². The van der Waals surface area contributed by atoms with Crippen molar-refractivity contribution in [2.24, 2.45) is 7.05 Å². The van der Waals surface area contributed by atoms with Crippen molar-refractivity contribution in [2.45, 2.75) is 59.3 Å². The summed E-state index contributed by atoms with van der Waals surface area (Å²) >= 11 is 0. The molecule has 1 N–H and O–H groups in total. The topological polar surface area (TPSA) is 63.8 Å². The summed E-state index contributed by atoms with van der Waals surface area (Å²) in [4.78, 5) is 14.9. The standard InChI is InChI=1S/C43H42N4O/c1-26-14-16-33(39-40(26)47(8)41(46-39)35-24-31(42(2,3)4)15-17-37(35)48)28-20-29(22-30(21-28)36-13-9-10-18-44-36)34-25-32(43(5,6)7)23-27-12-11-19-45-38(27)34/h9-25,48H,1-8H3. The maximum absolute atomic E-state index is 11.1. The predicted molar refractivity (Wildman–Crippen MR) is 199 cm³/mol. The summed E-state index contributed by atoms with van der Waals surface area (Å²) in [5.41, 5.74) is 13.2. The lowest BCUT2D eigenvalue weighted by Gasteiger charge is -2.22. The maximum Gasteiger partial charge on any atom is 0.144 e. The van der Waals surface area contributed by atoms with Crippen LogP contribution in [-0.2, 0) is 17.9 Å². The predicted octanol–water partition coefficient (Wildman–Crippen LogP) is 10.8. The van der Waals surface area contributed by atoms with Crippen molar-refractivity contribution in [1.29, 1.82) is 0 Å². The molecule has 0 spiro atoms. The summed E-state index contributed by atoms with van der Waals surface area (Å²) < 4.78 is 2.11. The summed E-state index contributed by atoms with van der Waals surface area (Å²) in [7, 11) is 2.04. The number of benzene rings is 4. The summed E-state index contributed by atoms with van der Waals surface area (Å²) in [6.45, 7) is 15.4. The Morgan fingerprint density at radius 3 is 2.00 bits per heavy atom. The van der Waals surface area contributed by atoms with Crippen LogP contribution in [0.3, 0.4) is 0 Å². The zero-order valence-corrected chi connectivity index (χ0v) is 29.1. The lowest BCUT2D eigenvalue weighted by atomic mass is 9.83. The molecule has 0 radical (unpaired) electrons. The van der Waals surface area contributed by atoms with E-state index in [0.717, 1.165) is 78.0 Å². The first-order chi connectivity index (χ1) is 22.8. The van der Waals surface area contributed by atoms with Gasteiger partial charge in [-0.1, -0.05) is 71.9 Å². The van der Waals surface area contributed by atoms with Crippen LogP contribution >= 0.6 is 0 Å². The van der Waals surface area contributed by atoms with Crippen LogP contribution in [0.1, 0.15) is 58.2 Å². The molecule has 0 bridgehead atoms. The van der Waals surface area contributed by atoms with Crippen LogP contribution in [0.2, 0.25) is 0 Å². The number of phenolic OH excluding ortho intramolecular Hbond substituents is 1. The molecule has 0 aliphatic heterocycles. The average molecular weight is 631 g/mol. The van der Waals surface area contributed by atoms with Gasteiger partial charge in [0, 0.05) is 41.5 Å². The van der Waals surface area contributed by atoms with E-state index < -0.39 is 0 Å². The third-order valence-electron chi connectivity index (χ3n) is 9.41. The minimum Gasteiger partial charge on any atom is -0.507 e. The number of phenols is 1. The Kier molecular flexibility index (Phi) is 7.47. The van der Waals surface area contributed by atoms with Gasteiger partial charge < -0.3 is 9.67 Å². The zero-order valence-electron chi connectivity index (χ0n) is 29.1. The van der Waals surface area contributed by atoms with Crippen LogP contribution in [0.4, 0.5) is 0 Å². The van der Waals surface area contributed by atoms with Gasteiger partial charge >= 0.3 is 0 Å². The highest BCUT2D eigenvalue weighted by Gasteiger charge is 2.23. The molecule has 240 valence electrons. The van der Waals surface area contributed by atoms with Gasteiger partial charge in [-0.2, -0.15) is 0 Å². The Bertz CT molecular complexity index is 2340. The van der Waals surface area contributed by atoms with Gasteiger partial charge in [0.25, 0.3) is 0 Å². The van der Waals surface area contributed by atoms with Crippen molar-refractivity contribution in [2.75, 3.05) is 0 Å². The maximum atomic E-state index is 11.1. The van der Waals surface area contributed by atoms with Crippen LogP contribution in [-0.4, -0.2) is 24.6 Å². The van der Waals surface area contributed by atoms with Crippen molar-refractivity contribution in [3.63, 3.8) is 0 Å². The van der Waals surface area contributed by atoms with Crippen molar-refractivity contribution in [3.8, 4) is 50.6 Å². The summed E-state index contributed by atoms with van der Waals surface area (Å²) in [6.07, 6.45) is 3.71. The Balaban J connectivity index is 1.51. The summed E-state index contributed by atoms with van der Waals surface area (Å²) in [5.74, 6) is 0.955. The normalized spacial score (nSPS) is 12.2. The average Bonchev–Trinajstić information content (AvgIpc) is 3.41. The van der Waals surface area contributed by atoms with E-state index in [9.17, 15) is 5.11 Å². The molecule has 0 unspecified atom stereocenters. The van der Waals surface area contributed by atoms with Gasteiger partial charge in [0.2, 0.25) is 0 Å². The smallest absolute Gasteiger partial charge is 0.144 e. The van der Waals surface area contributed by atoms with Gasteiger partial charge in [0.15, 0.2) is 0 Å².